The van der Waals surface area contributed by atoms with Crippen LogP contribution in [0.1, 0.15) is 73.9 Å². The van der Waals surface area contributed by atoms with Gasteiger partial charge in [-0.25, -0.2) is 0 Å². The van der Waals surface area contributed by atoms with Gasteiger partial charge >= 0.3 is 0 Å². The fraction of sp³-hybridized carbons (Fsp3) is 0.517. The van der Waals surface area contributed by atoms with E-state index >= 15 is 0 Å². The molecule has 5 rings (SSSR count). The number of pyridine rings is 1. The molecule has 3 aromatic rings. The maximum atomic E-state index is 12.6. The molecule has 4 heterocycles. The topological polar surface area (TPSA) is 52.2 Å². The molecule has 5 nitrogen and oxygen atoms in total. The van der Waals surface area contributed by atoms with Crippen LogP contribution in [0.4, 0.5) is 0 Å². The summed E-state index contributed by atoms with van der Waals surface area (Å²) >= 11 is 0. The molecule has 0 saturated carbocycles. The molecule has 2 fully saturated rings. The normalized spacial score (nSPS) is 17.9. The van der Waals surface area contributed by atoms with Gasteiger partial charge in [-0.15, -0.1) is 0 Å². The number of rotatable bonds is 5. The zero-order chi connectivity index (χ0) is 23.8. The quantitative estimate of drug-likeness (QED) is 0.528. The summed E-state index contributed by atoms with van der Waals surface area (Å²) in [6.07, 6.45) is 4.57. The third-order valence-electron chi connectivity index (χ3n) is 7.69. The van der Waals surface area contributed by atoms with Crippen LogP contribution in [0.5, 0.6) is 0 Å². The third-order valence-corrected chi connectivity index (χ3v) is 7.69. The molecule has 34 heavy (non-hydrogen) atoms. The second-order valence-corrected chi connectivity index (χ2v) is 10.7. The van der Waals surface area contributed by atoms with Crippen molar-refractivity contribution in [3.8, 4) is 11.3 Å². The van der Waals surface area contributed by atoms with Crippen LogP contribution in [0.25, 0.3) is 22.2 Å². The van der Waals surface area contributed by atoms with E-state index in [1.807, 2.05) is 4.90 Å². The van der Waals surface area contributed by atoms with Crippen molar-refractivity contribution < 1.29 is 4.79 Å². The van der Waals surface area contributed by atoms with Gasteiger partial charge in [0, 0.05) is 40.9 Å². The molecule has 1 aromatic carbocycles. The number of likely N-dealkylation sites (tertiary alicyclic amines) is 2. The summed E-state index contributed by atoms with van der Waals surface area (Å²) in [5, 5.41) is 1.35. The lowest BCUT2D eigenvalue weighted by Gasteiger charge is -2.32. The molecule has 0 atom stereocenters. The summed E-state index contributed by atoms with van der Waals surface area (Å²) in [7, 11) is 0. The highest BCUT2D eigenvalue weighted by molar-refractivity contribution is 5.92. The van der Waals surface area contributed by atoms with Crippen molar-refractivity contribution >= 4 is 16.8 Å². The van der Waals surface area contributed by atoms with E-state index in [4.69, 9.17) is 0 Å². The van der Waals surface area contributed by atoms with Crippen LogP contribution in [0.15, 0.2) is 30.3 Å². The Morgan fingerprint density at radius 1 is 1.03 bits per heavy atom. The molecule has 180 valence electrons. The molecule has 1 amide bonds. The van der Waals surface area contributed by atoms with Crippen molar-refractivity contribution in [2.24, 2.45) is 0 Å². The molecule has 2 aliphatic heterocycles. The predicted octanol–water partition coefficient (Wildman–Crippen LogP) is 5.77. The van der Waals surface area contributed by atoms with Crippen molar-refractivity contribution in [3.63, 3.8) is 0 Å². The summed E-state index contributed by atoms with van der Waals surface area (Å²) in [6.45, 7) is 13.2. The number of H-pyrrole nitrogens is 1. The number of aromatic nitrogens is 2. The summed E-state index contributed by atoms with van der Waals surface area (Å²) < 4.78 is 0. The Morgan fingerprint density at radius 3 is 2.35 bits per heavy atom. The molecule has 5 heteroatoms. The van der Waals surface area contributed by atoms with E-state index in [0.29, 0.717) is 24.3 Å². The number of carbonyl (C=O) groups excluding carboxylic acids is 1. The summed E-state index contributed by atoms with van der Waals surface area (Å²) in [4.78, 5) is 25.2. The second-order valence-electron chi connectivity index (χ2n) is 10.7. The van der Waals surface area contributed by atoms with Crippen LogP contribution < -0.4 is 0 Å². The summed E-state index contributed by atoms with van der Waals surface area (Å²) in [5.41, 5.74) is 8.61. The van der Waals surface area contributed by atoms with Crippen LogP contribution in [-0.2, 0) is 4.79 Å². The van der Waals surface area contributed by atoms with E-state index in [9.17, 15) is 4.79 Å². The molecule has 0 aliphatic carbocycles. The number of benzene rings is 1. The van der Waals surface area contributed by atoms with E-state index in [1.165, 1.54) is 33.3 Å². The van der Waals surface area contributed by atoms with Crippen LogP contribution in [0.2, 0.25) is 0 Å². The van der Waals surface area contributed by atoms with E-state index in [2.05, 4.69) is 72.9 Å². The Labute approximate surface area is 203 Å². The number of fused-ring (bicyclic) bond motifs is 1. The highest BCUT2D eigenvalue weighted by atomic mass is 16.2. The van der Waals surface area contributed by atoms with Crippen molar-refractivity contribution in [2.75, 3.05) is 32.7 Å². The van der Waals surface area contributed by atoms with Crippen LogP contribution in [0.3, 0.4) is 0 Å². The van der Waals surface area contributed by atoms with Gasteiger partial charge in [0.1, 0.15) is 0 Å². The molecule has 2 saturated heterocycles. The van der Waals surface area contributed by atoms with Crippen molar-refractivity contribution in [1.82, 2.24) is 19.8 Å². The number of nitrogens with zero attached hydrogens (tertiary/aromatic N) is 3. The predicted molar refractivity (Wildman–Crippen MR) is 139 cm³/mol. The van der Waals surface area contributed by atoms with Gasteiger partial charge in [0.15, 0.2) is 0 Å². The molecular weight excluding hydrogens is 420 g/mol. The largest absolute Gasteiger partial charge is 0.354 e. The molecule has 1 N–H and O–H groups in total. The first-order valence-electron chi connectivity index (χ1n) is 13.0. The van der Waals surface area contributed by atoms with E-state index in [-0.39, 0.29) is 0 Å². The van der Waals surface area contributed by atoms with Gasteiger partial charge in [-0.2, -0.15) is 0 Å². The molecule has 2 aromatic heterocycles. The maximum absolute atomic E-state index is 12.6. The van der Waals surface area contributed by atoms with E-state index in [0.717, 1.165) is 63.3 Å². The fourth-order valence-electron chi connectivity index (χ4n) is 5.97. The van der Waals surface area contributed by atoms with Crippen LogP contribution in [-0.4, -0.2) is 58.4 Å². The van der Waals surface area contributed by atoms with Gasteiger partial charge in [0.2, 0.25) is 5.91 Å². The number of hydrogen-bond donors (Lipinski definition) is 1. The first-order chi connectivity index (χ1) is 16.4. The monoisotopic (exact) mass is 458 g/mol. The van der Waals surface area contributed by atoms with Gasteiger partial charge in [0.05, 0.1) is 12.2 Å². The number of aromatic amines is 1. The third kappa shape index (κ3) is 4.63. The molecule has 0 radical (unpaired) electrons. The number of amides is 1. The van der Waals surface area contributed by atoms with Gasteiger partial charge in [-0.3, -0.25) is 14.7 Å². The van der Waals surface area contributed by atoms with Gasteiger partial charge in [-0.1, -0.05) is 19.9 Å². The first kappa shape index (κ1) is 23.1. The van der Waals surface area contributed by atoms with E-state index < -0.39 is 0 Å². The second kappa shape index (κ2) is 9.53. The van der Waals surface area contributed by atoms with Crippen molar-refractivity contribution in [1.29, 1.82) is 0 Å². The minimum absolute atomic E-state index is 0.320. The summed E-state index contributed by atoms with van der Waals surface area (Å²) in [6, 6.07) is 11.4. The Kier molecular flexibility index (Phi) is 6.48. The van der Waals surface area contributed by atoms with Crippen LogP contribution in [0, 0.1) is 13.8 Å². The molecule has 0 unspecified atom stereocenters. The fourth-order valence-corrected chi connectivity index (χ4v) is 5.97. The lowest BCUT2D eigenvalue weighted by molar-refractivity contribution is -0.131. The number of carbonyl (C=O) groups is 1. The average Bonchev–Trinajstić information content (AvgIpc) is 3.47. The highest BCUT2D eigenvalue weighted by Crippen LogP contribution is 2.38. The molecule has 0 spiro atoms. The van der Waals surface area contributed by atoms with Gasteiger partial charge in [0.25, 0.3) is 0 Å². The number of hydrogen-bond acceptors (Lipinski definition) is 3. The minimum Gasteiger partial charge on any atom is -0.354 e. The lowest BCUT2D eigenvalue weighted by Crippen LogP contribution is -2.42. The lowest BCUT2D eigenvalue weighted by atomic mass is 9.87. The Hall–Kier alpha value is -2.66. The highest BCUT2D eigenvalue weighted by Gasteiger charge is 2.26. The molecule has 2 aliphatic rings. The summed E-state index contributed by atoms with van der Waals surface area (Å²) in [5.74, 6) is 1.30. The Balaban J connectivity index is 1.36. The number of aryl methyl sites for hydroxylation is 2. The van der Waals surface area contributed by atoms with Gasteiger partial charge in [-0.05, 0) is 99.8 Å². The zero-order valence-electron chi connectivity index (χ0n) is 21.2. The van der Waals surface area contributed by atoms with Crippen molar-refractivity contribution in [3.05, 3.63) is 52.8 Å². The Bertz CT molecular complexity index is 1160. The number of piperidine rings is 1. The SMILES string of the molecule is Cc1cc(-c2[nH]c3ccc(C4CCN(CC(=O)N5CCCC5)CC4)cc3c2C(C)C)cc(C)n1. The Morgan fingerprint density at radius 2 is 1.71 bits per heavy atom. The molecule has 0 bridgehead atoms. The van der Waals surface area contributed by atoms with E-state index in [1.54, 1.807) is 0 Å². The molecular formula is C29H38N4O. The first-order valence-corrected chi connectivity index (χ1v) is 13.0. The van der Waals surface area contributed by atoms with Crippen LogP contribution >= 0.6 is 0 Å². The maximum Gasteiger partial charge on any atom is 0.236 e. The zero-order valence-corrected chi connectivity index (χ0v) is 21.2. The smallest absolute Gasteiger partial charge is 0.236 e. The van der Waals surface area contributed by atoms with Crippen molar-refractivity contribution in [2.45, 2.75) is 65.2 Å². The van der Waals surface area contributed by atoms with Gasteiger partial charge < -0.3 is 9.88 Å². The number of nitrogens with one attached hydrogen (secondary N) is 1. The average molecular weight is 459 g/mol. The standard InChI is InChI=1S/C29H38N4O/c1-19(2)28-25-17-23(7-8-26(25)31-29(28)24-15-20(3)30-21(4)16-24)22-9-13-32(14-10-22)18-27(34)33-11-5-6-12-33/h7-8,15-17,19,22,31H,5-6,9-14,18H2,1-4H3. The minimum atomic E-state index is 0.320.